The highest BCUT2D eigenvalue weighted by molar-refractivity contribution is 9.10. The van der Waals surface area contributed by atoms with Crippen LogP contribution in [0.5, 0.6) is 11.5 Å². The van der Waals surface area contributed by atoms with Gasteiger partial charge in [-0.3, -0.25) is 4.79 Å². The number of carbonyl (C=O) groups excluding carboxylic acids is 1. The average molecular weight is 313 g/mol. The summed E-state index contributed by atoms with van der Waals surface area (Å²) >= 11 is 3.39. The van der Waals surface area contributed by atoms with Crippen LogP contribution < -0.4 is 9.47 Å². The molecule has 4 heteroatoms. The lowest BCUT2D eigenvalue weighted by Crippen LogP contribution is -2.16. The molecular weight excluding hydrogens is 296 g/mol. The molecule has 1 saturated carbocycles. The molecule has 0 bridgehead atoms. The van der Waals surface area contributed by atoms with Crippen molar-refractivity contribution >= 4 is 21.7 Å². The molecular formula is C14H17BrO3. The van der Waals surface area contributed by atoms with Crippen molar-refractivity contribution in [2.45, 2.75) is 25.7 Å². The van der Waals surface area contributed by atoms with Gasteiger partial charge in [0.05, 0.1) is 24.3 Å². The summed E-state index contributed by atoms with van der Waals surface area (Å²) in [4.78, 5) is 12.3. The largest absolute Gasteiger partial charge is 0.496 e. The predicted octanol–water partition coefficient (Wildman–Crippen LogP) is 3.84. The highest BCUT2D eigenvalue weighted by Gasteiger charge is 2.24. The minimum atomic E-state index is 0.141. The third-order valence-corrected chi connectivity index (χ3v) is 4.09. The van der Waals surface area contributed by atoms with Crippen molar-refractivity contribution in [3.8, 4) is 11.5 Å². The molecule has 0 aliphatic heterocycles. The number of ether oxygens (including phenoxy) is 2. The molecule has 0 N–H and O–H groups in total. The van der Waals surface area contributed by atoms with E-state index >= 15 is 0 Å². The van der Waals surface area contributed by atoms with Crippen molar-refractivity contribution in [2.75, 3.05) is 14.2 Å². The van der Waals surface area contributed by atoms with E-state index in [9.17, 15) is 4.79 Å². The lowest BCUT2D eigenvalue weighted by atomic mass is 9.81. The topological polar surface area (TPSA) is 35.5 Å². The molecule has 3 nitrogen and oxygen atoms in total. The molecule has 0 amide bonds. The van der Waals surface area contributed by atoms with Gasteiger partial charge in [-0.25, -0.2) is 0 Å². The lowest BCUT2D eigenvalue weighted by molar-refractivity contribution is 0.0933. The monoisotopic (exact) mass is 312 g/mol. The first-order valence-electron chi connectivity index (χ1n) is 6.10. The number of hydrogen-bond donors (Lipinski definition) is 0. The third kappa shape index (κ3) is 2.69. The first-order valence-corrected chi connectivity index (χ1v) is 6.89. The van der Waals surface area contributed by atoms with E-state index in [4.69, 9.17) is 9.47 Å². The normalized spacial score (nSPS) is 15.1. The van der Waals surface area contributed by atoms with Crippen LogP contribution >= 0.6 is 15.9 Å². The molecule has 0 radical (unpaired) electrons. The number of hydrogen-bond acceptors (Lipinski definition) is 3. The molecule has 0 spiro atoms. The van der Waals surface area contributed by atoms with E-state index in [2.05, 4.69) is 15.9 Å². The first-order chi connectivity index (χ1) is 8.65. The van der Waals surface area contributed by atoms with Gasteiger partial charge in [0, 0.05) is 6.42 Å². The van der Waals surface area contributed by atoms with Crippen LogP contribution in [-0.2, 0) is 0 Å². The zero-order valence-electron chi connectivity index (χ0n) is 10.7. The van der Waals surface area contributed by atoms with E-state index < -0.39 is 0 Å². The van der Waals surface area contributed by atoms with E-state index in [-0.39, 0.29) is 5.78 Å². The van der Waals surface area contributed by atoms with Gasteiger partial charge >= 0.3 is 0 Å². The Morgan fingerprint density at radius 2 is 1.94 bits per heavy atom. The van der Waals surface area contributed by atoms with Crippen molar-refractivity contribution in [3.05, 3.63) is 22.2 Å². The predicted molar refractivity (Wildman–Crippen MR) is 73.5 cm³/mol. The number of benzene rings is 1. The third-order valence-electron chi connectivity index (χ3n) is 3.47. The van der Waals surface area contributed by atoms with Gasteiger partial charge in [-0.2, -0.15) is 0 Å². The fourth-order valence-electron chi connectivity index (χ4n) is 2.15. The number of ketones is 1. The smallest absolute Gasteiger partial charge is 0.167 e. The Morgan fingerprint density at radius 3 is 2.44 bits per heavy atom. The van der Waals surface area contributed by atoms with E-state index in [0.717, 1.165) is 4.47 Å². The summed E-state index contributed by atoms with van der Waals surface area (Å²) in [5.41, 5.74) is 0.615. The molecule has 0 saturated heterocycles. The second kappa shape index (κ2) is 5.74. The maximum atomic E-state index is 12.3. The van der Waals surface area contributed by atoms with Gasteiger partial charge in [-0.1, -0.05) is 19.3 Å². The Hall–Kier alpha value is -1.03. The first kappa shape index (κ1) is 13.4. The highest BCUT2D eigenvalue weighted by Crippen LogP contribution is 2.36. The van der Waals surface area contributed by atoms with Gasteiger partial charge < -0.3 is 9.47 Å². The summed E-state index contributed by atoms with van der Waals surface area (Å²) in [5, 5.41) is 0. The maximum absolute atomic E-state index is 12.3. The van der Waals surface area contributed by atoms with Crippen LogP contribution in [0.3, 0.4) is 0 Å². The minimum Gasteiger partial charge on any atom is -0.496 e. The van der Waals surface area contributed by atoms with E-state index in [1.165, 1.54) is 19.3 Å². The van der Waals surface area contributed by atoms with Crippen molar-refractivity contribution in [1.29, 1.82) is 0 Å². The second-order valence-electron chi connectivity index (χ2n) is 4.61. The molecule has 98 valence electrons. The van der Waals surface area contributed by atoms with E-state index in [1.807, 2.05) is 0 Å². The number of halogens is 1. The molecule has 0 aromatic heterocycles. The van der Waals surface area contributed by atoms with Gasteiger partial charge in [0.25, 0.3) is 0 Å². The van der Waals surface area contributed by atoms with Crippen molar-refractivity contribution in [1.82, 2.24) is 0 Å². The van der Waals surface area contributed by atoms with E-state index in [0.29, 0.717) is 29.4 Å². The zero-order chi connectivity index (χ0) is 13.1. The lowest BCUT2D eigenvalue weighted by Gasteiger charge is -2.24. The standard InChI is InChI=1S/C14H17BrO3/c1-17-13-8-11(15)14(18-2)7-10(13)12(16)6-9-4-3-5-9/h7-9H,3-6H2,1-2H3. The summed E-state index contributed by atoms with van der Waals surface area (Å²) in [6.45, 7) is 0. The second-order valence-corrected chi connectivity index (χ2v) is 5.47. The van der Waals surface area contributed by atoms with Crippen LogP contribution in [0.25, 0.3) is 0 Å². The molecule has 2 rings (SSSR count). The van der Waals surface area contributed by atoms with Gasteiger partial charge in [0.15, 0.2) is 5.78 Å². The number of rotatable bonds is 5. The van der Waals surface area contributed by atoms with Crippen LogP contribution in [0.1, 0.15) is 36.0 Å². The van der Waals surface area contributed by atoms with Gasteiger partial charge in [-0.05, 0) is 34.0 Å². The summed E-state index contributed by atoms with van der Waals surface area (Å²) in [7, 11) is 3.17. The summed E-state index contributed by atoms with van der Waals surface area (Å²) in [6, 6.07) is 3.54. The van der Waals surface area contributed by atoms with Crippen molar-refractivity contribution in [2.24, 2.45) is 5.92 Å². The molecule has 0 heterocycles. The summed E-state index contributed by atoms with van der Waals surface area (Å²) < 4.78 is 11.3. The van der Waals surface area contributed by atoms with Crippen LogP contribution in [0, 0.1) is 5.92 Å². The fraction of sp³-hybridized carbons (Fsp3) is 0.500. The summed E-state index contributed by atoms with van der Waals surface area (Å²) in [5.74, 6) is 1.96. The fourth-order valence-corrected chi connectivity index (χ4v) is 2.63. The summed E-state index contributed by atoms with van der Waals surface area (Å²) in [6.07, 6.45) is 4.20. The van der Waals surface area contributed by atoms with Crippen LogP contribution in [-0.4, -0.2) is 20.0 Å². The number of Topliss-reactive ketones (excluding diaryl/α,β-unsaturated/α-hetero) is 1. The van der Waals surface area contributed by atoms with Crippen molar-refractivity contribution in [3.63, 3.8) is 0 Å². The molecule has 1 aliphatic carbocycles. The van der Waals surface area contributed by atoms with E-state index in [1.54, 1.807) is 26.4 Å². The van der Waals surface area contributed by atoms with Crippen molar-refractivity contribution < 1.29 is 14.3 Å². The highest BCUT2D eigenvalue weighted by atomic mass is 79.9. The van der Waals surface area contributed by atoms with Gasteiger partial charge in [0.1, 0.15) is 11.5 Å². The van der Waals surface area contributed by atoms with Gasteiger partial charge in [-0.15, -0.1) is 0 Å². The Morgan fingerprint density at radius 1 is 1.28 bits per heavy atom. The van der Waals surface area contributed by atoms with Crippen LogP contribution in [0.4, 0.5) is 0 Å². The quantitative estimate of drug-likeness (QED) is 0.775. The Balaban J connectivity index is 2.25. The number of methoxy groups -OCH3 is 2. The number of carbonyl (C=O) groups is 1. The minimum absolute atomic E-state index is 0.141. The van der Waals surface area contributed by atoms with Crippen LogP contribution in [0.15, 0.2) is 16.6 Å². The molecule has 1 aliphatic rings. The Labute approximate surface area is 116 Å². The molecule has 18 heavy (non-hydrogen) atoms. The average Bonchev–Trinajstić information content (AvgIpc) is 2.33. The molecule has 1 fully saturated rings. The Bertz CT molecular complexity index is 453. The zero-order valence-corrected chi connectivity index (χ0v) is 12.2. The molecule has 0 atom stereocenters. The SMILES string of the molecule is COc1cc(C(=O)CC2CCC2)c(OC)cc1Br. The molecule has 0 unspecified atom stereocenters. The molecule has 1 aromatic rings. The van der Waals surface area contributed by atoms with Gasteiger partial charge in [0.2, 0.25) is 0 Å². The Kier molecular flexibility index (Phi) is 4.27. The maximum Gasteiger partial charge on any atom is 0.167 e. The molecule has 1 aromatic carbocycles. The van der Waals surface area contributed by atoms with Crippen LogP contribution in [0.2, 0.25) is 0 Å².